The smallest absolute Gasteiger partial charge is 0.407 e. The minimum absolute atomic E-state index is 0.0591. The molecule has 3 aliphatic carbocycles. The zero-order valence-electron chi connectivity index (χ0n) is 34.4. The molecule has 2 bridgehead atoms. The van der Waals surface area contributed by atoms with Crippen LogP contribution in [0.5, 0.6) is 0 Å². The fraction of sp³-hybridized carbons (Fsp3) is 0.568. The van der Waals surface area contributed by atoms with Gasteiger partial charge < -0.3 is 49.4 Å². The van der Waals surface area contributed by atoms with Crippen LogP contribution in [-0.4, -0.2) is 111 Å². The first-order valence-corrected chi connectivity index (χ1v) is 20.1. The molecule has 59 heavy (non-hydrogen) atoms. The Balaban J connectivity index is 1.47. The summed E-state index contributed by atoms with van der Waals surface area (Å²) in [6.07, 6.45) is -10.8. The molecule has 2 aromatic rings. The molecule has 0 radical (unpaired) electrons. The van der Waals surface area contributed by atoms with E-state index >= 15 is 0 Å². The predicted octanol–water partition coefficient (Wildman–Crippen LogP) is 3.65. The highest BCUT2D eigenvalue weighted by atomic mass is 16.6. The van der Waals surface area contributed by atoms with E-state index < -0.39 is 113 Å². The number of alkyl carbamates (subject to hydrolysis) is 1. The average molecular weight is 822 g/mol. The van der Waals surface area contributed by atoms with E-state index in [-0.39, 0.29) is 29.7 Å². The van der Waals surface area contributed by atoms with Crippen molar-refractivity contribution >= 4 is 29.8 Å². The molecule has 0 spiro atoms. The van der Waals surface area contributed by atoms with Gasteiger partial charge in [0.25, 0.3) is 0 Å². The second-order valence-corrected chi connectivity index (χ2v) is 16.9. The summed E-state index contributed by atoms with van der Waals surface area (Å²) < 4.78 is 29.7. The standard InChI is InChI=1S/C44H55NO14/c1-8-27(9-2)56-40(53)45-32(25-16-12-10-13-17-25)34(49)39(52)57-28-21-44(54)37(58-38(51)26-18-14-11-15-19-26)35-42(7,36(50)33(48)31(23(28)3)41(44,5)6)29(47)20-30-43(35,22-55-30)59-24(4)46/h10-19,27-30,32-35,37,47-49,54H,8-9,20-22H2,1-7H3,(H,45,53)/t28-,29-,30+,32-,33+,34+,35-,37-,42+,43-,44+/m0/s1. The molecule has 1 heterocycles. The lowest BCUT2D eigenvalue weighted by Crippen LogP contribution is -2.81. The van der Waals surface area contributed by atoms with Crippen molar-refractivity contribution < 1.29 is 68.1 Å². The SMILES string of the molecule is CCC(CC)OC(=O)N[C@@H](c1ccccc1)[C@@H](O)C(=O)O[C@H]1C[C@@]2(O)[C@@H](OC(=O)c3ccccc3)[C@@H]3[C@]4(OC(C)=O)CO[C@@H]4C[C@H](O)[C@@]3(C)C(=O)[C@H](O)C(=C1C)C2(C)C. The Kier molecular flexibility index (Phi) is 12.2. The van der Waals surface area contributed by atoms with Gasteiger partial charge in [0, 0.05) is 25.2 Å². The third-order valence-corrected chi connectivity index (χ3v) is 13.4. The fourth-order valence-electron chi connectivity index (χ4n) is 9.89. The number of fused-ring (bicyclic) bond motifs is 5. The quantitative estimate of drug-likeness (QED) is 0.124. The summed E-state index contributed by atoms with van der Waals surface area (Å²) in [4.78, 5) is 69.1. The number of aliphatic hydroxyl groups is 4. The van der Waals surface area contributed by atoms with E-state index in [4.69, 9.17) is 23.7 Å². The van der Waals surface area contributed by atoms with E-state index in [1.54, 1.807) is 62.4 Å². The normalized spacial score (nSPS) is 33.1. The summed E-state index contributed by atoms with van der Waals surface area (Å²) in [5, 5.41) is 51.7. The molecule has 11 atom stereocenters. The van der Waals surface area contributed by atoms with Crippen molar-refractivity contribution in [3.05, 3.63) is 82.9 Å². The van der Waals surface area contributed by atoms with Crippen LogP contribution in [0.3, 0.4) is 0 Å². The minimum Gasteiger partial charge on any atom is -0.456 e. The van der Waals surface area contributed by atoms with Crippen LogP contribution in [0.2, 0.25) is 0 Å². The van der Waals surface area contributed by atoms with Gasteiger partial charge in [-0.15, -0.1) is 0 Å². The zero-order chi connectivity index (χ0) is 43.2. The molecule has 15 heteroatoms. The number of esters is 3. The highest BCUT2D eigenvalue weighted by molar-refractivity contribution is 5.94. The van der Waals surface area contributed by atoms with Gasteiger partial charge in [0.2, 0.25) is 0 Å². The van der Waals surface area contributed by atoms with E-state index in [2.05, 4.69) is 5.32 Å². The van der Waals surface area contributed by atoms with Crippen molar-refractivity contribution in [1.29, 1.82) is 0 Å². The van der Waals surface area contributed by atoms with Gasteiger partial charge >= 0.3 is 24.0 Å². The second kappa shape index (κ2) is 16.4. The van der Waals surface area contributed by atoms with Crippen molar-refractivity contribution in [2.24, 2.45) is 16.7 Å². The van der Waals surface area contributed by atoms with Crippen molar-refractivity contribution in [3.8, 4) is 0 Å². The first kappa shape index (κ1) is 43.9. The maximum absolute atomic E-state index is 15.0. The van der Waals surface area contributed by atoms with Gasteiger partial charge in [-0.2, -0.15) is 0 Å². The predicted molar refractivity (Wildman–Crippen MR) is 208 cm³/mol. The van der Waals surface area contributed by atoms with E-state index in [9.17, 15) is 44.4 Å². The monoisotopic (exact) mass is 821 g/mol. The summed E-state index contributed by atoms with van der Waals surface area (Å²) in [6, 6.07) is 14.7. The van der Waals surface area contributed by atoms with E-state index in [1.165, 1.54) is 26.0 Å². The number of nitrogens with one attached hydrogen (secondary N) is 1. The molecular formula is C44H55NO14. The van der Waals surface area contributed by atoms with Gasteiger partial charge in [0.1, 0.15) is 36.1 Å². The van der Waals surface area contributed by atoms with Gasteiger partial charge in [-0.25, -0.2) is 14.4 Å². The Hall–Kier alpha value is -4.67. The summed E-state index contributed by atoms with van der Waals surface area (Å²) in [5.41, 5.74) is -7.19. The lowest BCUT2D eigenvalue weighted by atomic mass is 9.44. The Bertz CT molecular complexity index is 1970. The lowest BCUT2D eigenvalue weighted by molar-refractivity contribution is -0.346. The second-order valence-electron chi connectivity index (χ2n) is 16.9. The summed E-state index contributed by atoms with van der Waals surface area (Å²) in [7, 11) is 0. The Morgan fingerprint density at radius 2 is 1.56 bits per heavy atom. The molecule has 1 amide bonds. The highest BCUT2D eigenvalue weighted by Crippen LogP contribution is 2.64. The van der Waals surface area contributed by atoms with Crippen LogP contribution in [0, 0.1) is 16.7 Å². The molecule has 3 fully saturated rings. The van der Waals surface area contributed by atoms with Gasteiger partial charge in [-0.05, 0) is 55.5 Å². The summed E-state index contributed by atoms with van der Waals surface area (Å²) >= 11 is 0. The summed E-state index contributed by atoms with van der Waals surface area (Å²) in [5.74, 6) is -5.34. The molecule has 6 rings (SSSR count). The number of benzene rings is 2. The van der Waals surface area contributed by atoms with Crippen molar-refractivity contribution in [1.82, 2.24) is 5.32 Å². The maximum atomic E-state index is 15.0. The topological polar surface area (TPSA) is 224 Å². The van der Waals surface area contributed by atoms with Gasteiger partial charge in [-0.3, -0.25) is 9.59 Å². The number of carbonyl (C=O) groups is 5. The summed E-state index contributed by atoms with van der Waals surface area (Å²) in [6.45, 7) is 10.6. The molecule has 15 nitrogen and oxygen atoms in total. The maximum Gasteiger partial charge on any atom is 0.407 e. The van der Waals surface area contributed by atoms with E-state index in [0.29, 0.717) is 18.4 Å². The number of hydrogen-bond donors (Lipinski definition) is 5. The molecule has 2 saturated carbocycles. The van der Waals surface area contributed by atoms with Crippen molar-refractivity contribution in [2.45, 2.75) is 134 Å². The number of amides is 1. The third-order valence-electron chi connectivity index (χ3n) is 13.4. The molecule has 5 N–H and O–H groups in total. The average Bonchev–Trinajstić information content (AvgIpc) is 3.20. The number of ether oxygens (including phenoxy) is 5. The molecule has 0 unspecified atom stereocenters. The van der Waals surface area contributed by atoms with Crippen LogP contribution in [-0.2, 0) is 38.1 Å². The van der Waals surface area contributed by atoms with Crippen LogP contribution in [0.25, 0.3) is 0 Å². The molecule has 320 valence electrons. The number of rotatable bonds is 11. The molecular weight excluding hydrogens is 766 g/mol. The van der Waals surface area contributed by atoms with E-state index in [0.717, 1.165) is 6.92 Å². The highest BCUT2D eigenvalue weighted by Gasteiger charge is 2.78. The largest absolute Gasteiger partial charge is 0.456 e. The van der Waals surface area contributed by atoms with Crippen LogP contribution < -0.4 is 5.32 Å². The van der Waals surface area contributed by atoms with Crippen LogP contribution >= 0.6 is 0 Å². The van der Waals surface area contributed by atoms with Gasteiger partial charge in [0.15, 0.2) is 17.5 Å². The van der Waals surface area contributed by atoms with Crippen LogP contribution in [0.1, 0.15) is 96.1 Å². The molecule has 1 aliphatic heterocycles. The molecule has 0 aromatic heterocycles. The third kappa shape index (κ3) is 7.34. The lowest BCUT2D eigenvalue weighted by Gasteiger charge is -2.67. The number of carbonyl (C=O) groups excluding carboxylic acids is 5. The van der Waals surface area contributed by atoms with Crippen LogP contribution in [0.15, 0.2) is 71.8 Å². The Labute approximate surface area is 343 Å². The van der Waals surface area contributed by atoms with Crippen LogP contribution in [0.4, 0.5) is 4.79 Å². The molecule has 1 saturated heterocycles. The first-order valence-electron chi connectivity index (χ1n) is 20.1. The number of hydrogen-bond acceptors (Lipinski definition) is 14. The Morgan fingerprint density at radius 3 is 2.12 bits per heavy atom. The van der Waals surface area contributed by atoms with Crippen molar-refractivity contribution in [3.63, 3.8) is 0 Å². The minimum atomic E-state index is -2.35. The van der Waals surface area contributed by atoms with Gasteiger partial charge in [-0.1, -0.05) is 76.2 Å². The van der Waals surface area contributed by atoms with Gasteiger partial charge in [0.05, 0.1) is 35.6 Å². The number of aliphatic hydroxyl groups excluding tert-OH is 3. The van der Waals surface area contributed by atoms with E-state index in [1.807, 2.05) is 13.8 Å². The number of ketones is 1. The number of Topliss-reactive ketones (excluding diaryl/α,β-unsaturated/α-hetero) is 1. The zero-order valence-corrected chi connectivity index (χ0v) is 34.4. The first-order chi connectivity index (χ1) is 27.8. The fourth-order valence-corrected chi connectivity index (χ4v) is 9.89. The molecule has 2 aromatic carbocycles. The molecule has 4 aliphatic rings. The van der Waals surface area contributed by atoms with Crippen molar-refractivity contribution in [2.75, 3.05) is 6.61 Å². The Morgan fingerprint density at radius 1 is 0.949 bits per heavy atom.